The topological polar surface area (TPSA) is 0 Å². The smallest absolute Gasteiger partial charge is 0.0273 e. The van der Waals surface area contributed by atoms with E-state index in [1.807, 2.05) is 0 Å². The molecule has 1 aromatic rings. The third kappa shape index (κ3) is 5.45. The quantitative estimate of drug-likeness (QED) is 0.519. The fourth-order valence-electron chi connectivity index (χ4n) is 3.60. The van der Waals surface area contributed by atoms with Crippen LogP contribution in [-0.2, 0) is 12.8 Å². The zero-order valence-electron chi connectivity index (χ0n) is 15.8. The summed E-state index contributed by atoms with van der Waals surface area (Å²) in [4.78, 5) is 0. The Morgan fingerprint density at radius 2 is 1.55 bits per heavy atom. The van der Waals surface area contributed by atoms with Gasteiger partial charge in [-0.3, -0.25) is 0 Å². The average Bonchev–Trinajstić information content (AvgIpc) is 3.09. The molecule has 0 heteroatoms. The largest absolute Gasteiger partial charge is 0.0602 e. The van der Waals surface area contributed by atoms with E-state index in [0.717, 1.165) is 0 Å². The van der Waals surface area contributed by atoms with Gasteiger partial charge in [-0.1, -0.05) is 39.8 Å². The first-order chi connectivity index (χ1) is 10.2. The minimum atomic E-state index is 0.461. The molecule has 0 aromatic heterocycles. The van der Waals surface area contributed by atoms with Gasteiger partial charge < -0.3 is 0 Å². The van der Waals surface area contributed by atoms with E-state index in [2.05, 4.69) is 53.7 Å². The molecular formula is C22H36. The molecule has 2 rings (SSSR count). The van der Waals surface area contributed by atoms with Crippen molar-refractivity contribution < 1.29 is 0 Å². The average molecular weight is 301 g/mol. The Morgan fingerprint density at radius 3 is 2.05 bits per heavy atom. The molecule has 1 saturated carbocycles. The maximum Gasteiger partial charge on any atom is -0.0273 e. The highest BCUT2D eigenvalue weighted by atomic mass is 14.4. The Kier molecular flexibility index (Phi) is 5.41. The Bertz CT molecular complexity index is 474. The van der Waals surface area contributed by atoms with Crippen molar-refractivity contribution in [3.05, 3.63) is 34.4 Å². The summed E-state index contributed by atoms with van der Waals surface area (Å²) in [5.74, 6) is 0. The summed E-state index contributed by atoms with van der Waals surface area (Å²) in [5.41, 5.74) is 7.36. The molecule has 0 saturated heterocycles. The Morgan fingerprint density at radius 1 is 0.955 bits per heavy atom. The number of benzene rings is 1. The summed E-state index contributed by atoms with van der Waals surface area (Å²) in [6.45, 7) is 14.1. The van der Waals surface area contributed by atoms with Crippen LogP contribution in [0.3, 0.4) is 0 Å². The van der Waals surface area contributed by atoms with Gasteiger partial charge in [0, 0.05) is 0 Å². The number of aryl methyl sites for hydroxylation is 3. The van der Waals surface area contributed by atoms with Crippen molar-refractivity contribution in [2.75, 3.05) is 0 Å². The molecule has 0 bridgehead atoms. The first-order valence-corrected chi connectivity index (χ1v) is 9.28. The van der Waals surface area contributed by atoms with Gasteiger partial charge in [-0.05, 0) is 98.3 Å². The van der Waals surface area contributed by atoms with Gasteiger partial charge in [-0.25, -0.2) is 0 Å². The summed E-state index contributed by atoms with van der Waals surface area (Å²) >= 11 is 0. The zero-order valence-corrected chi connectivity index (χ0v) is 15.8. The van der Waals surface area contributed by atoms with Crippen molar-refractivity contribution in [2.24, 2.45) is 10.8 Å². The second-order valence-electron chi connectivity index (χ2n) is 9.29. The molecule has 0 unspecified atom stereocenters. The lowest BCUT2D eigenvalue weighted by atomic mass is 9.87. The van der Waals surface area contributed by atoms with Crippen molar-refractivity contribution in [2.45, 2.75) is 92.9 Å². The highest BCUT2D eigenvalue weighted by Gasteiger charge is 2.36. The van der Waals surface area contributed by atoms with Crippen molar-refractivity contribution in [3.8, 4) is 0 Å². The van der Waals surface area contributed by atoms with Crippen molar-refractivity contribution in [3.63, 3.8) is 0 Å². The van der Waals surface area contributed by atoms with Crippen LogP contribution in [-0.4, -0.2) is 0 Å². The van der Waals surface area contributed by atoms with Crippen LogP contribution < -0.4 is 0 Å². The third-order valence-electron chi connectivity index (χ3n) is 5.46. The van der Waals surface area contributed by atoms with Gasteiger partial charge in [0.1, 0.15) is 0 Å². The fourth-order valence-corrected chi connectivity index (χ4v) is 3.60. The molecule has 0 atom stereocenters. The Labute approximate surface area is 138 Å². The number of rotatable bonds is 7. The van der Waals surface area contributed by atoms with E-state index in [9.17, 15) is 0 Å². The molecule has 0 N–H and O–H groups in total. The molecular weight excluding hydrogens is 264 g/mol. The number of hydrogen-bond acceptors (Lipinski definition) is 0. The van der Waals surface area contributed by atoms with Crippen LogP contribution in [0.1, 0.15) is 88.5 Å². The van der Waals surface area contributed by atoms with Crippen LogP contribution in [0.15, 0.2) is 12.1 Å². The summed E-state index contributed by atoms with van der Waals surface area (Å²) in [6.07, 6.45) is 10.8. The van der Waals surface area contributed by atoms with E-state index in [0.29, 0.717) is 10.8 Å². The number of hydrogen-bond donors (Lipinski definition) is 0. The first-order valence-electron chi connectivity index (χ1n) is 9.28. The van der Waals surface area contributed by atoms with Crippen molar-refractivity contribution in [1.82, 2.24) is 0 Å². The second-order valence-corrected chi connectivity index (χ2v) is 9.29. The normalized spacial score (nSPS) is 16.8. The van der Waals surface area contributed by atoms with Crippen LogP contribution in [0, 0.1) is 24.7 Å². The van der Waals surface area contributed by atoms with Crippen LogP contribution in [0.4, 0.5) is 0 Å². The summed E-state index contributed by atoms with van der Waals surface area (Å²) in [7, 11) is 0. The maximum absolute atomic E-state index is 2.45. The fraction of sp³-hybridized carbons (Fsp3) is 0.727. The van der Waals surface area contributed by atoms with Crippen LogP contribution in [0.5, 0.6) is 0 Å². The predicted octanol–water partition coefficient (Wildman–Crippen LogP) is 6.80. The van der Waals surface area contributed by atoms with Crippen LogP contribution in [0.25, 0.3) is 0 Å². The minimum Gasteiger partial charge on any atom is -0.0602 e. The van der Waals surface area contributed by atoms with Crippen LogP contribution in [0.2, 0.25) is 0 Å². The monoisotopic (exact) mass is 300 g/mol. The molecule has 0 heterocycles. The molecule has 1 aromatic carbocycles. The summed E-state index contributed by atoms with van der Waals surface area (Å²) in [6, 6.07) is 4.90. The van der Waals surface area contributed by atoms with Crippen molar-refractivity contribution in [1.29, 1.82) is 0 Å². The Balaban J connectivity index is 1.89. The Hall–Kier alpha value is -0.780. The summed E-state index contributed by atoms with van der Waals surface area (Å²) in [5, 5.41) is 0. The minimum absolute atomic E-state index is 0.461. The standard InChI is InChI=1S/C22H36/c1-17-15-19(9-7-11-21(3,4)5)16-18(2)20(17)10-8-12-22(6)13-14-22/h15-16H,7-14H2,1-6H3. The highest BCUT2D eigenvalue weighted by Crippen LogP contribution is 2.49. The maximum atomic E-state index is 2.45. The van der Waals surface area contributed by atoms with Gasteiger partial charge in [0.25, 0.3) is 0 Å². The molecule has 124 valence electrons. The lowest BCUT2D eigenvalue weighted by Gasteiger charge is -2.18. The van der Waals surface area contributed by atoms with E-state index in [1.54, 1.807) is 5.56 Å². The van der Waals surface area contributed by atoms with Gasteiger partial charge in [-0.2, -0.15) is 0 Å². The zero-order chi connectivity index (χ0) is 16.4. The molecule has 0 nitrogen and oxygen atoms in total. The van der Waals surface area contributed by atoms with E-state index in [-0.39, 0.29) is 0 Å². The molecule has 0 radical (unpaired) electrons. The molecule has 0 spiro atoms. The van der Waals surface area contributed by atoms with Crippen molar-refractivity contribution >= 4 is 0 Å². The molecule has 1 aliphatic rings. The molecule has 0 amide bonds. The molecule has 0 aliphatic heterocycles. The lowest BCUT2D eigenvalue weighted by Crippen LogP contribution is -2.05. The van der Waals surface area contributed by atoms with Crippen LogP contribution >= 0.6 is 0 Å². The van der Waals surface area contributed by atoms with E-state index >= 15 is 0 Å². The first kappa shape index (κ1) is 17.6. The highest BCUT2D eigenvalue weighted by molar-refractivity contribution is 5.38. The van der Waals surface area contributed by atoms with Gasteiger partial charge in [0.05, 0.1) is 0 Å². The van der Waals surface area contributed by atoms with Gasteiger partial charge in [0.15, 0.2) is 0 Å². The SMILES string of the molecule is Cc1cc(CCCC(C)(C)C)cc(C)c1CCCC1(C)CC1. The second kappa shape index (κ2) is 6.77. The summed E-state index contributed by atoms with van der Waals surface area (Å²) < 4.78 is 0. The third-order valence-corrected chi connectivity index (χ3v) is 5.46. The van der Waals surface area contributed by atoms with Gasteiger partial charge >= 0.3 is 0 Å². The van der Waals surface area contributed by atoms with E-state index in [4.69, 9.17) is 0 Å². The van der Waals surface area contributed by atoms with Gasteiger partial charge in [0.2, 0.25) is 0 Å². The van der Waals surface area contributed by atoms with E-state index in [1.165, 1.54) is 68.1 Å². The lowest BCUT2D eigenvalue weighted by molar-refractivity contribution is 0.365. The molecule has 1 fully saturated rings. The van der Waals surface area contributed by atoms with Gasteiger partial charge in [-0.15, -0.1) is 0 Å². The molecule has 22 heavy (non-hydrogen) atoms. The van der Waals surface area contributed by atoms with E-state index < -0.39 is 0 Å². The predicted molar refractivity (Wildman–Crippen MR) is 98.6 cm³/mol. The molecule has 1 aliphatic carbocycles.